The standard InChI is InChI=1S/C10H18O4.C7H12O4.C4H6O3/c1-7(13-5)8(11)6-9(12)14-10(2,3)4;1-7(2,3)11-6(10)4-5(8)9;1-3(7-2)4(5)6/h7H,6H2,1-5H3;4H2,1-3H3,(H,8,9);3H,2H2,1H3/p+1/t7-;;3-/m0.0/s1. The molecule has 11 heteroatoms. The molecule has 0 spiro atoms. The monoisotopic (exact) mass is 465 g/mol. The fraction of sp³-hybridized carbons (Fsp3) is 0.714. The molecule has 0 radical (unpaired) electrons. The number of ether oxygens (including phenoxy) is 4. The summed E-state index contributed by atoms with van der Waals surface area (Å²) in [5, 5.41) is 16.2. The van der Waals surface area contributed by atoms with E-state index in [0.717, 1.165) is 0 Å². The molecule has 32 heavy (non-hydrogen) atoms. The Morgan fingerprint density at radius 1 is 0.781 bits per heavy atom. The summed E-state index contributed by atoms with van der Waals surface area (Å²) in [5.41, 5.74) is -1.15. The van der Waals surface area contributed by atoms with Gasteiger partial charge in [-0.3, -0.25) is 19.2 Å². The van der Waals surface area contributed by atoms with E-state index in [1.54, 1.807) is 48.5 Å². The first-order valence-corrected chi connectivity index (χ1v) is 9.60. The van der Waals surface area contributed by atoms with Crippen LogP contribution in [-0.2, 0) is 42.9 Å². The Kier molecular flexibility index (Phi) is 17.0. The van der Waals surface area contributed by atoms with E-state index in [1.165, 1.54) is 14.0 Å². The third-order valence-electron chi connectivity index (χ3n) is 2.86. The first-order chi connectivity index (χ1) is 14.3. The molecule has 2 atom stereocenters. The second kappa shape index (κ2) is 16.0. The molecule has 0 saturated heterocycles. The van der Waals surface area contributed by atoms with Gasteiger partial charge in [-0.1, -0.05) is 0 Å². The van der Waals surface area contributed by atoms with Crippen molar-refractivity contribution in [3.8, 4) is 0 Å². The van der Waals surface area contributed by atoms with Gasteiger partial charge in [0.05, 0.1) is 0 Å². The molecule has 0 aliphatic rings. The predicted molar refractivity (Wildman–Crippen MR) is 114 cm³/mol. The number of carboxylic acids is 2. The maximum absolute atomic E-state index is 11.2. The van der Waals surface area contributed by atoms with Gasteiger partial charge in [-0.05, 0) is 55.4 Å². The molecule has 0 fully saturated rings. The van der Waals surface area contributed by atoms with Gasteiger partial charge in [-0.2, -0.15) is 4.74 Å². The Balaban J connectivity index is -0.000000417. The molecule has 0 unspecified atom stereocenters. The van der Waals surface area contributed by atoms with Gasteiger partial charge in [-0.15, -0.1) is 0 Å². The number of ketones is 1. The summed E-state index contributed by atoms with van der Waals surface area (Å²) in [7, 11) is 4.35. The van der Waals surface area contributed by atoms with Gasteiger partial charge >= 0.3 is 23.9 Å². The molecule has 0 aliphatic heterocycles. The first kappa shape index (κ1) is 34.0. The topological polar surface area (TPSA) is 163 Å². The van der Waals surface area contributed by atoms with Crippen LogP contribution in [0, 0.1) is 7.11 Å². The average molecular weight is 466 g/mol. The Bertz CT molecular complexity index is 612. The number of aliphatic carboxylic acids is 2. The van der Waals surface area contributed by atoms with Gasteiger partial charge in [0.2, 0.25) is 13.2 Å². The zero-order valence-corrected chi connectivity index (χ0v) is 20.3. The van der Waals surface area contributed by atoms with Crippen LogP contribution in [0.15, 0.2) is 0 Å². The van der Waals surface area contributed by atoms with Crippen molar-refractivity contribution in [2.45, 2.75) is 91.6 Å². The molecule has 0 bridgehead atoms. The van der Waals surface area contributed by atoms with Crippen LogP contribution in [0.25, 0.3) is 0 Å². The summed E-state index contributed by atoms with van der Waals surface area (Å²) >= 11 is 0. The van der Waals surface area contributed by atoms with E-state index >= 15 is 0 Å². The van der Waals surface area contributed by atoms with Crippen LogP contribution in [0.3, 0.4) is 0 Å². The number of Topliss-reactive ketones (excluding diaryl/α,β-unsaturated/α-hetero) is 1. The number of carbonyl (C=O) groups is 5. The smallest absolute Gasteiger partial charge is 0.337 e. The lowest BCUT2D eigenvalue weighted by molar-refractivity contribution is -0.160. The quantitative estimate of drug-likeness (QED) is 0.307. The van der Waals surface area contributed by atoms with Gasteiger partial charge < -0.3 is 24.4 Å². The lowest BCUT2D eigenvalue weighted by atomic mass is 10.1. The molecule has 186 valence electrons. The number of carboxylic acid groups (broad SMARTS) is 2. The van der Waals surface area contributed by atoms with Crippen molar-refractivity contribution in [3.05, 3.63) is 7.11 Å². The maximum atomic E-state index is 11.2. The fourth-order valence-corrected chi connectivity index (χ4v) is 1.37. The molecular weight excluding hydrogens is 428 g/mol. The van der Waals surface area contributed by atoms with Gasteiger partial charge in [0.1, 0.15) is 30.1 Å². The highest BCUT2D eigenvalue weighted by Crippen LogP contribution is 2.09. The van der Waals surface area contributed by atoms with Gasteiger partial charge in [-0.25, -0.2) is 4.79 Å². The molecule has 0 rings (SSSR count). The van der Waals surface area contributed by atoms with Crippen LogP contribution in [-0.4, -0.2) is 70.4 Å². The van der Waals surface area contributed by atoms with Crippen molar-refractivity contribution in [1.29, 1.82) is 0 Å². The minimum atomic E-state index is -1.17. The Hall–Kier alpha value is -2.66. The van der Waals surface area contributed by atoms with E-state index in [2.05, 4.69) is 11.8 Å². The van der Waals surface area contributed by atoms with Crippen LogP contribution < -0.4 is 0 Å². The fourth-order valence-electron chi connectivity index (χ4n) is 1.37. The lowest BCUT2D eigenvalue weighted by Crippen LogP contribution is -2.28. The summed E-state index contributed by atoms with van der Waals surface area (Å²) in [6.45, 7) is 13.4. The molecule has 0 saturated carbocycles. The molecule has 0 aliphatic carbocycles. The SMILES string of the molecule is CC(C)(C)OC(=O)CC(=O)O.CO[C@@H](C)C(=O)CC(=O)OC(C)(C)C.[CH2+]O[C@@H](C)C(=O)O. The van der Waals surface area contributed by atoms with Crippen LogP contribution in [0.2, 0.25) is 0 Å². The second-order valence-corrected chi connectivity index (χ2v) is 8.41. The molecular formula is C21H37O11+. The van der Waals surface area contributed by atoms with Crippen molar-refractivity contribution in [3.63, 3.8) is 0 Å². The number of esters is 2. The predicted octanol–water partition coefficient (Wildman–Crippen LogP) is 2.39. The molecule has 0 heterocycles. The first-order valence-electron chi connectivity index (χ1n) is 9.60. The van der Waals surface area contributed by atoms with E-state index in [9.17, 15) is 24.0 Å². The third kappa shape index (κ3) is 25.4. The number of methoxy groups -OCH3 is 1. The number of rotatable bonds is 8. The molecule has 0 amide bonds. The van der Waals surface area contributed by atoms with Gasteiger partial charge in [0.15, 0.2) is 5.78 Å². The Morgan fingerprint density at radius 2 is 1.16 bits per heavy atom. The van der Waals surface area contributed by atoms with Crippen LogP contribution >= 0.6 is 0 Å². The largest absolute Gasteiger partial charge is 0.481 e. The van der Waals surface area contributed by atoms with Gasteiger partial charge in [0, 0.05) is 7.11 Å². The summed E-state index contributed by atoms with van der Waals surface area (Å²) in [6.07, 6.45) is -2.15. The summed E-state index contributed by atoms with van der Waals surface area (Å²) in [5.74, 6) is -3.63. The molecule has 11 nitrogen and oxygen atoms in total. The van der Waals surface area contributed by atoms with Crippen LogP contribution in [0.4, 0.5) is 0 Å². The summed E-state index contributed by atoms with van der Waals surface area (Å²) in [6, 6.07) is 0. The second-order valence-electron chi connectivity index (χ2n) is 8.41. The Morgan fingerprint density at radius 3 is 1.38 bits per heavy atom. The normalized spacial score (nSPS) is 12.5. The van der Waals surface area contributed by atoms with E-state index in [4.69, 9.17) is 24.4 Å². The maximum Gasteiger partial charge on any atom is 0.337 e. The van der Waals surface area contributed by atoms with E-state index in [-0.39, 0.29) is 12.2 Å². The van der Waals surface area contributed by atoms with Crippen LogP contribution in [0.1, 0.15) is 68.2 Å². The minimum absolute atomic E-state index is 0.230. The molecule has 2 N–H and O–H groups in total. The highest BCUT2D eigenvalue weighted by Gasteiger charge is 2.21. The Labute approximate surface area is 189 Å². The minimum Gasteiger partial charge on any atom is -0.481 e. The van der Waals surface area contributed by atoms with Crippen molar-refractivity contribution in [1.82, 2.24) is 0 Å². The molecule has 0 aromatic heterocycles. The van der Waals surface area contributed by atoms with Crippen molar-refractivity contribution in [2.75, 3.05) is 7.11 Å². The molecule has 0 aromatic rings. The van der Waals surface area contributed by atoms with E-state index in [0.29, 0.717) is 0 Å². The average Bonchev–Trinajstić information content (AvgIpc) is 2.56. The van der Waals surface area contributed by atoms with Crippen molar-refractivity contribution in [2.24, 2.45) is 0 Å². The highest BCUT2D eigenvalue weighted by atomic mass is 16.6. The zero-order chi connectivity index (χ0) is 26.3. The number of hydrogen-bond acceptors (Lipinski definition) is 9. The van der Waals surface area contributed by atoms with E-state index < -0.39 is 53.7 Å². The zero-order valence-electron chi connectivity index (χ0n) is 20.3. The third-order valence-corrected chi connectivity index (χ3v) is 2.86. The molecule has 0 aromatic carbocycles. The number of hydrogen-bond donors (Lipinski definition) is 2. The van der Waals surface area contributed by atoms with Gasteiger partial charge in [0.25, 0.3) is 0 Å². The highest BCUT2D eigenvalue weighted by molar-refractivity contribution is 5.97. The van der Waals surface area contributed by atoms with E-state index in [1.807, 2.05) is 0 Å². The lowest BCUT2D eigenvalue weighted by Gasteiger charge is -2.19. The summed E-state index contributed by atoms with van der Waals surface area (Å²) < 4.78 is 18.7. The number of carbonyl (C=O) groups excluding carboxylic acids is 3. The van der Waals surface area contributed by atoms with Crippen molar-refractivity contribution >= 4 is 29.7 Å². The van der Waals surface area contributed by atoms with Crippen molar-refractivity contribution < 1.29 is 53.1 Å². The summed E-state index contributed by atoms with van der Waals surface area (Å²) in [4.78, 5) is 52.9. The van der Waals surface area contributed by atoms with Crippen LogP contribution in [0.5, 0.6) is 0 Å².